The first-order chi connectivity index (χ1) is 8.75. The Hall–Kier alpha value is -1.45. The zero-order valence-corrected chi connectivity index (χ0v) is 11.6. The van der Waals surface area contributed by atoms with E-state index in [4.69, 9.17) is 0 Å². The lowest BCUT2D eigenvalue weighted by molar-refractivity contribution is 0.752. The molecule has 18 heavy (non-hydrogen) atoms. The Morgan fingerprint density at radius 2 is 2.06 bits per heavy atom. The number of rotatable bonds is 5. The van der Waals surface area contributed by atoms with Gasteiger partial charge < -0.3 is 5.32 Å². The maximum Gasteiger partial charge on any atom is 0.107 e. The number of nitrogens with zero attached hydrogens (tertiary/aromatic N) is 1. The van der Waals surface area contributed by atoms with Gasteiger partial charge in [-0.2, -0.15) is 0 Å². The van der Waals surface area contributed by atoms with Crippen LogP contribution in [0.25, 0.3) is 11.3 Å². The third-order valence-corrected chi connectivity index (χ3v) is 3.40. The van der Waals surface area contributed by atoms with Crippen molar-refractivity contribution in [1.29, 1.82) is 0 Å². The number of nitrogens with one attached hydrogen (secondary N) is 1. The summed E-state index contributed by atoms with van der Waals surface area (Å²) in [7, 11) is 0. The Bertz CT molecular complexity index is 510. The van der Waals surface area contributed by atoms with E-state index < -0.39 is 0 Å². The molecule has 0 bridgehead atoms. The van der Waals surface area contributed by atoms with Crippen LogP contribution in [-0.2, 0) is 6.54 Å². The summed E-state index contributed by atoms with van der Waals surface area (Å²) in [6.45, 7) is 5.96. The largest absolute Gasteiger partial charge is 0.307 e. The monoisotopic (exact) mass is 258 g/mol. The number of allylic oxidation sites excluding steroid dienone is 1. The van der Waals surface area contributed by atoms with Gasteiger partial charge in [-0.05, 0) is 13.8 Å². The fraction of sp³-hybridized carbons (Fsp3) is 0.267. The molecule has 0 atom stereocenters. The van der Waals surface area contributed by atoms with E-state index in [9.17, 15) is 0 Å². The third kappa shape index (κ3) is 3.79. The lowest BCUT2D eigenvalue weighted by atomic mass is 10.2. The van der Waals surface area contributed by atoms with Crippen LogP contribution >= 0.6 is 11.3 Å². The van der Waals surface area contributed by atoms with Crippen LogP contribution in [0.4, 0.5) is 0 Å². The molecule has 2 aromatic rings. The first kappa shape index (κ1) is 13.0. The zero-order valence-electron chi connectivity index (χ0n) is 10.8. The van der Waals surface area contributed by atoms with E-state index in [0.29, 0.717) is 0 Å². The van der Waals surface area contributed by atoms with Crippen LogP contribution in [0.2, 0.25) is 0 Å². The lowest BCUT2D eigenvalue weighted by Crippen LogP contribution is -2.12. The van der Waals surface area contributed by atoms with E-state index >= 15 is 0 Å². The Balaban J connectivity index is 1.93. The summed E-state index contributed by atoms with van der Waals surface area (Å²) >= 11 is 1.71. The highest BCUT2D eigenvalue weighted by atomic mass is 32.1. The molecule has 0 aliphatic rings. The molecule has 0 saturated carbocycles. The minimum atomic E-state index is 0.835. The fourth-order valence-electron chi connectivity index (χ4n) is 1.59. The van der Waals surface area contributed by atoms with Crippen molar-refractivity contribution in [2.75, 3.05) is 6.54 Å². The van der Waals surface area contributed by atoms with Crippen molar-refractivity contribution in [2.45, 2.75) is 20.4 Å². The zero-order chi connectivity index (χ0) is 12.8. The lowest BCUT2D eigenvalue weighted by Gasteiger charge is -1.98. The summed E-state index contributed by atoms with van der Waals surface area (Å²) in [4.78, 5) is 4.63. The molecule has 1 N–H and O–H groups in total. The van der Waals surface area contributed by atoms with Crippen molar-refractivity contribution >= 4 is 11.3 Å². The van der Waals surface area contributed by atoms with Gasteiger partial charge in [0, 0.05) is 24.0 Å². The molecule has 0 radical (unpaired) electrons. The van der Waals surface area contributed by atoms with E-state index in [2.05, 4.69) is 47.7 Å². The third-order valence-electron chi connectivity index (χ3n) is 2.55. The number of hydrogen-bond acceptors (Lipinski definition) is 3. The predicted octanol–water partition coefficient (Wildman–Crippen LogP) is 3.87. The number of thiazole rings is 1. The summed E-state index contributed by atoms with van der Waals surface area (Å²) in [6.07, 6.45) is 2.19. The average Bonchev–Trinajstić information content (AvgIpc) is 2.84. The Morgan fingerprint density at radius 1 is 1.28 bits per heavy atom. The summed E-state index contributed by atoms with van der Waals surface area (Å²) in [5.41, 5.74) is 3.59. The van der Waals surface area contributed by atoms with E-state index in [1.54, 1.807) is 11.3 Å². The summed E-state index contributed by atoms with van der Waals surface area (Å²) in [6, 6.07) is 10.3. The van der Waals surface area contributed by atoms with Crippen molar-refractivity contribution in [3.63, 3.8) is 0 Å². The fourth-order valence-corrected chi connectivity index (χ4v) is 2.36. The molecular formula is C15H18N2S. The van der Waals surface area contributed by atoms with Gasteiger partial charge in [0.05, 0.1) is 5.69 Å². The maximum atomic E-state index is 4.63. The molecule has 0 aliphatic heterocycles. The van der Waals surface area contributed by atoms with Crippen molar-refractivity contribution < 1.29 is 0 Å². The molecule has 0 spiro atoms. The average molecular weight is 258 g/mol. The van der Waals surface area contributed by atoms with Crippen LogP contribution in [-0.4, -0.2) is 11.5 Å². The normalized spacial score (nSPS) is 10.3. The topological polar surface area (TPSA) is 24.9 Å². The highest BCUT2D eigenvalue weighted by molar-refractivity contribution is 7.09. The quantitative estimate of drug-likeness (QED) is 0.650. The smallest absolute Gasteiger partial charge is 0.107 e. The summed E-state index contributed by atoms with van der Waals surface area (Å²) in [5.74, 6) is 0. The molecule has 1 heterocycles. The standard InChI is InChI=1S/C15H18N2S/c1-12(2)8-9-16-10-15-17-14(11-18-15)13-6-4-3-5-7-13/h3-8,11,16H,9-10H2,1-2H3. The van der Waals surface area contributed by atoms with Gasteiger partial charge in [0.1, 0.15) is 5.01 Å². The van der Waals surface area contributed by atoms with Crippen molar-refractivity contribution in [1.82, 2.24) is 10.3 Å². The SMILES string of the molecule is CC(C)=CCNCc1nc(-c2ccccc2)cs1. The highest BCUT2D eigenvalue weighted by Gasteiger charge is 2.03. The van der Waals surface area contributed by atoms with Gasteiger partial charge in [0.2, 0.25) is 0 Å². The molecule has 2 nitrogen and oxygen atoms in total. The Labute approximate surface area is 112 Å². The molecule has 0 fully saturated rings. The molecule has 94 valence electrons. The second-order valence-electron chi connectivity index (χ2n) is 4.40. The number of aromatic nitrogens is 1. The van der Waals surface area contributed by atoms with Gasteiger partial charge in [-0.1, -0.05) is 42.0 Å². The van der Waals surface area contributed by atoms with Crippen molar-refractivity contribution in [2.24, 2.45) is 0 Å². The van der Waals surface area contributed by atoms with Crippen LogP contribution in [0.5, 0.6) is 0 Å². The van der Waals surface area contributed by atoms with Gasteiger partial charge >= 0.3 is 0 Å². The van der Waals surface area contributed by atoms with Crippen LogP contribution in [0, 0.1) is 0 Å². The second-order valence-corrected chi connectivity index (χ2v) is 5.35. The van der Waals surface area contributed by atoms with Crippen LogP contribution < -0.4 is 5.32 Å². The van der Waals surface area contributed by atoms with Gasteiger partial charge in [0.25, 0.3) is 0 Å². The molecule has 0 unspecified atom stereocenters. The number of hydrogen-bond donors (Lipinski definition) is 1. The van der Waals surface area contributed by atoms with E-state index in [-0.39, 0.29) is 0 Å². The molecule has 0 saturated heterocycles. The Kier molecular flexibility index (Phi) is 4.67. The van der Waals surface area contributed by atoms with Gasteiger partial charge in [0.15, 0.2) is 0 Å². The van der Waals surface area contributed by atoms with E-state index in [0.717, 1.165) is 23.8 Å². The number of benzene rings is 1. The maximum absolute atomic E-state index is 4.63. The predicted molar refractivity (Wildman–Crippen MR) is 78.7 cm³/mol. The highest BCUT2D eigenvalue weighted by Crippen LogP contribution is 2.21. The van der Waals surface area contributed by atoms with Crippen LogP contribution in [0.15, 0.2) is 47.4 Å². The van der Waals surface area contributed by atoms with Crippen LogP contribution in [0.1, 0.15) is 18.9 Å². The molecule has 1 aromatic heterocycles. The van der Waals surface area contributed by atoms with Crippen LogP contribution in [0.3, 0.4) is 0 Å². The molecule has 2 rings (SSSR count). The van der Waals surface area contributed by atoms with E-state index in [1.165, 1.54) is 11.1 Å². The first-order valence-electron chi connectivity index (χ1n) is 6.09. The second kappa shape index (κ2) is 6.47. The van der Waals surface area contributed by atoms with Crippen molar-refractivity contribution in [3.8, 4) is 11.3 Å². The van der Waals surface area contributed by atoms with Gasteiger partial charge in [-0.3, -0.25) is 0 Å². The van der Waals surface area contributed by atoms with Gasteiger partial charge in [-0.15, -0.1) is 11.3 Å². The first-order valence-corrected chi connectivity index (χ1v) is 6.97. The van der Waals surface area contributed by atoms with Crippen molar-refractivity contribution in [3.05, 3.63) is 52.4 Å². The molecule has 1 aromatic carbocycles. The summed E-state index contributed by atoms with van der Waals surface area (Å²) < 4.78 is 0. The van der Waals surface area contributed by atoms with E-state index in [1.807, 2.05) is 18.2 Å². The molecule has 3 heteroatoms. The Morgan fingerprint density at radius 3 is 2.78 bits per heavy atom. The van der Waals surface area contributed by atoms with Gasteiger partial charge in [-0.25, -0.2) is 4.98 Å². The molecule has 0 aliphatic carbocycles. The summed E-state index contributed by atoms with van der Waals surface area (Å²) in [5, 5.41) is 6.62. The minimum Gasteiger partial charge on any atom is -0.307 e. The molecule has 0 amide bonds. The molecular weight excluding hydrogens is 240 g/mol. The minimum absolute atomic E-state index is 0.835.